The molecule has 0 aliphatic carbocycles. The highest BCUT2D eigenvalue weighted by Crippen LogP contribution is 2.28. The molecule has 0 aromatic heterocycles. The first-order valence-corrected chi connectivity index (χ1v) is 5.14. The summed E-state index contributed by atoms with van der Waals surface area (Å²) in [6.07, 6.45) is 1.47. The maximum absolute atomic E-state index is 12.9. The molecule has 1 aliphatic rings. The van der Waals surface area contributed by atoms with Gasteiger partial charge in [-0.05, 0) is 30.7 Å². The van der Waals surface area contributed by atoms with Crippen LogP contribution >= 0.6 is 11.6 Å². The second-order valence-electron chi connectivity index (χ2n) is 3.33. The molecule has 1 aliphatic heterocycles. The van der Waals surface area contributed by atoms with Gasteiger partial charge in [0.25, 0.3) is 0 Å². The fourth-order valence-corrected chi connectivity index (χ4v) is 1.62. The molecule has 1 aromatic rings. The molecule has 1 N–H and O–H groups in total. The Hall–Kier alpha value is -1.06. The Morgan fingerprint density at radius 1 is 1.53 bits per heavy atom. The Labute approximate surface area is 91.9 Å². The number of benzene rings is 1. The van der Waals surface area contributed by atoms with Crippen molar-refractivity contribution in [1.82, 2.24) is 0 Å². The number of rotatable bonds is 2. The van der Waals surface area contributed by atoms with E-state index in [1.165, 1.54) is 12.1 Å². The molecular formula is C11H10ClFO2. The molecule has 15 heavy (non-hydrogen) atoms. The molecule has 1 unspecified atom stereocenters. The van der Waals surface area contributed by atoms with Crippen LogP contribution in [0.5, 0.6) is 5.75 Å². The Morgan fingerprint density at radius 2 is 2.33 bits per heavy atom. The number of fused-ring (bicyclic) bond motifs is 1. The predicted octanol–water partition coefficient (Wildman–Crippen LogP) is 2.24. The summed E-state index contributed by atoms with van der Waals surface area (Å²) in [5, 5.41) is 9.46. The lowest BCUT2D eigenvalue weighted by molar-refractivity contribution is 0.177. The van der Waals surface area contributed by atoms with Crippen LogP contribution in [0.15, 0.2) is 30.0 Å². The Kier molecular flexibility index (Phi) is 2.93. The monoisotopic (exact) mass is 228 g/mol. The van der Waals surface area contributed by atoms with E-state index in [1.807, 2.05) is 0 Å². The van der Waals surface area contributed by atoms with Gasteiger partial charge < -0.3 is 9.84 Å². The zero-order chi connectivity index (χ0) is 10.8. The van der Waals surface area contributed by atoms with Crippen LogP contribution in [0.3, 0.4) is 0 Å². The van der Waals surface area contributed by atoms with Gasteiger partial charge in [0.15, 0.2) is 0 Å². The third-order valence-electron chi connectivity index (χ3n) is 2.25. The van der Waals surface area contributed by atoms with Crippen LogP contribution in [0.2, 0.25) is 0 Å². The van der Waals surface area contributed by atoms with Crippen molar-refractivity contribution < 1.29 is 14.2 Å². The Morgan fingerprint density at radius 3 is 3.07 bits per heavy atom. The molecular weight excluding hydrogens is 219 g/mol. The van der Waals surface area contributed by atoms with E-state index in [0.717, 1.165) is 5.56 Å². The summed E-state index contributed by atoms with van der Waals surface area (Å²) < 4.78 is 18.3. The highest BCUT2D eigenvalue weighted by atomic mass is 35.5. The third kappa shape index (κ3) is 2.13. The zero-order valence-corrected chi connectivity index (χ0v) is 8.67. The summed E-state index contributed by atoms with van der Waals surface area (Å²) in [7, 11) is 0. The van der Waals surface area contributed by atoms with Crippen LogP contribution in [0.1, 0.15) is 5.56 Å². The van der Waals surface area contributed by atoms with E-state index in [1.54, 1.807) is 12.1 Å². The van der Waals surface area contributed by atoms with Crippen LogP contribution in [0, 0.1) is 5.82 Å². The van der Waals surface area contributed by atoms with Crippen LogP contribution in [-0.4, -0.2) is 17.1 Å². The van der Waals surface area contributed by atoms with Crippen LogP contribution in [-0.2, 0) is 6.42 Å². The van der Waals surface area contributed by atoms with E-state index in [4.69, 9.17) is 16.3 Å². The first kappa shape index (κ1) is 10.5. The summed E-state index contributed by atoms with van der Waals surface area (Å²) in [4.78, 5) is 0. The molecule has 1 atom stereocenters. The van der Waals surface area contributed by atoms with Gasteiger partial charge in [-0.3, -0.25) is 0 Å². The van der Waals surface area contributed by atoms with E-state index in [-0.39, 0.29) is 11.7 Å². The molecule has 0 fully saturated rings. The molecule has 0 radical (unpaired) electrons. The molecule has 0 amide bonds. The number of aliphatic hydroxyl groups excluding tert-OH is 1. The summed E-state index contributed by atoms with van der Waals surface area (Å²) in [5.41, 5.74) is 0.778. The number of hydrogen-bond donors (Lipinski definition) is 1. The van der Waals surface area contributed by atoms with Gasteiger partial charge in [-0.2, -0.15) is 0 Å². The second kappa shape index (κ2) is 4.21. The molecule has 0 saturated carbocycles. The Balaban J connectivity index is 2.23. The lowest BCUT2D eigenvalue weighted by atomic mass is 10.1. The van der Waals surface area contributed by atoms with Crippen molar-refractivity contribution in [3.63, 3.8) is 0 Å². The predicted molar refractivity (Wildman–Crippen MR) is 55.5 cm³/mol. The van der Waals surface area contributed by atoms with Gasteiger partial charge in [0.05, 0.1) is 5.88 Å². The third-order valence-corrected chi connectivity index (χ3v) is 2.54. The molecule has 0 spiro atoms. The molecule has 80 valence electrons. The van der Waals surface area contributed by atoms with Gasteiger partial charge in [-0.1, -0.05) is 0 Å². The van der Waals surface area contributed by atoms with Crippen LogP contribution < -0.4 is 4.74 Å². The fraction of sp³-hybridized carbons (Fsp3) is 0.273. The first-order chi connectivity index (χ1) is 7.20. The van der Waals surface area contributed by atoms with Gasteiger partial charge in [-0.25, -0.2) is 4.39 Å². The van der Waals surface area contributed by atoms with Crippen LogP contribution in [0.4, 0.5) is 4.39 Å². The van der Waals surface area contributed by atoms with E-state index in [9.17, 15) is 9.50 Å². The average Bonchev–Trinajstić information content (AvgIpc) is 2.27. The minimum absolute atomic E-state index is 0.0857. The number of ether oxygens (including phenoxy) is 1. The zero-order valence-electron chi connectivity index (χ0n) is 7.91. The lowest BCUT2D eigenvalue weighted by Crippen LogP contribution is -2.19. The number of halogens is 2. The molecule has 2 rings (SSSR count). The molecule has 4 heteroatoms. The van der Waals surface area contributed by atoms with Crippen molar-refractivity contribution in [2.45, 2.75) is 12.5 Å². The minimum Gasteiger partial charge on any atom is -0.459 e. The van der Waals surface area contributed by atoms with E-state index < -0.39 is 6.10 Å². The molecule has 0 saturated heterocycles. The number of allylic oxidation sites excluding steroid dienone is 1. The smallest absolute Gasteiger partial charge is 0.130 e. The van der Waals surface area contributed by atoms with Gasteiger partial charge in [-0.15, -0.1) is 11.6 Å². The molecule has 0 bridgehead atoms. The topological polar surface area (TPSA) is 29.5 Å². The van der Waals surface area contributed by atoms with Crippen molar-refractivity contribution in [1.29, 1.82) is 0 Å². The molecule has 1 heterocycles. The highest BCUT2D eigenvalue weighted by Gasteiger charge is 2.18. The van der Waals surface area contributed by atoms with Gasteiger partial charge in [0.1, 0.15) is 23.4 Å². The van der Waals surface area contributed by atoms with Crippen LogP contribution in [0.25, 0.3) is 0 Å². The normalized spacial score (nSPS) is 16.3. The maximum atomic E-state index is 12.9. The van der Waals surface area contributed by atoms with Gasteiger partial charge in [0, 0.05) is 5.56 Å². The summed E-state index contributed by atoms with van der Waals surface area (Å²) in [5.74, 6) is 0.816. The lowest BCUT2D eigenvalue weighted by Gasteiger charge is -2.20. The minimum atomic E-state index is -0.801. The average molecular weight is 229 g/mol. The fourth-order valence-electron chi connectivity index (χ4n) is 1.47. The van der Waals surface area contributed by atoms with Crippen molar-refractivity contribution in [3.05, 3.63) is 41.4 Å². The largest absolute Gasteiger partial charge is 0.459 e. The number of aliphatic hydroxyl groups is 1. The SMILES string of the molecule is OC(CCl)C1=CCc2cc(F)ccc2O1. The standard InChI is InChI=1S/C11H10ClFO2/c12-6-9(14)11-3-1-7-5-8(13)2-4-10(7)15-11/h2-5,9,14H,1,6H2. The second-order valence-corrected chi connectivity index (χ2v) is 3.64. The van der Waals surface area contributed by atoms with Crippen molar-refractivity contribution in [3.8, 4) is 5.75 Å². The van der Waals surface area contributed by atoms with Crippen molar-refractivity contribution >= 4 is 11.6 Å². The van der Waals surface area contributed by atoms with Gasteiger partial charge >= 0.3 is 0 Å². The maximum Gasteiger partial charge on any atom is 0.130 e. The van der Waals surface area contributed by atoms with Crippen molar-refractivity contribution in [2.24, 2.45) is 0 Å². The van der Waals surface area contributed by atoms with Gasteiger partial charge in [0.2, 0.25) is 0 Å². The summed E-state index contributed by atoms with van der Waals surface area (Å²) in [6, 6.07) is 4.31. The number of hydrogen-bond acceptors (Lipinski definition) is 2. The summed E-state index contributed by atoms with van der Waals surface area (Å²) in [6.45, 7) is 0. The van der Waals surface area contributed by atoms with E-state index in [0.29, 0.717) is 17.9 Å². The Bertz CT molecular complexity index is 404. The van der Waals surface area contributed by atoms with E-state index in [2.05, 4.69) is 0 Å². The molecule has 1 aromatic carbocycles. The van der Waals surface area contributed by atoms with Crippen molar-refractivity contribution in [2.75, 3.05) is 5.88 Å². The highest BCUT2D eigenvalue weighted by molar-refractivity contribution is 6.18. The first-order valence-electron chi connectivity index (χ1n) is 4.61. The number of alkyl halides is 1. The summed E-state index contributed by atoms with van der Waals surface area (Å²) >= 11 is 5.51. The van der Waals surface area contributed by atoms with E-state index >= 15 is 0 Å². The quantitative estimate of drug-likeness (QED) is 0.787. The molecule has 2 nitrogen and oxygen atoms in total.